The van der Waals surface area contributed by atoms with Crippen molar-refractivity contribution in [3.05, 3.63) is 12.2 Å². The Bertz CT molecular complexity index is 225. The monoisotopic (exact) mass is 212 g/mol. The summed E-state index contributed by atoms with van der Waals surface area (Å²) in [5.41, 5.74) is -0.921. The first-order valence-corrected chi connectivity index (χ1v) is 5.70. The molecule has 0 atom stereocenters. The standard InChI is InChI=1S/C12H20O3/c1-2-3-10-15-12(11(13)14)8-6-4-5-7-9-12/h2-3H,4-10H2,1H3,(H,13,14). The molecule has 0 spiro atoms. The second-order valence-electron chi connectivity index (χ2n) is 4.09. The molecular formula is C12H20O3. The molecule has 1 N–H and O–H groups in total. The van der Waals surface area contributed by atoms with Crippen molar-refractivity contribution in [1.82, 2.24) is 0 Å². The number of hydrogen-bond donors (Lipinski definition) is 1. The van der Waals surface area contributed by atoms with Gasteiger partial charge in [-0.1, -0.05) is 25.0 Å². The summed E-state index contributed by atoms with van der Waals surface area (Å²) in [7, 11) is 0. The number of allylic oxidation sites excluding steroid dienone is 1. The van der Waals surface area contributed by atoms with Gasteiger partial charge in [0.2, 0.25) is 0 Å². The average Bonchev–Trinajstić information content (AvgIpc) is 2.45. The van der Waals surface area contributed by atoms with Gasteiger partial charge >= 0.3 is 5.97 Å². The van der Waals surface area contributed by atoms with E-state index in [0.29, 0.717) is 19.4 Å². The molecule has 1 fully saturated rings. The summed E-state index contributed by atoms with van der Waals surface area (Å²) >= 11 is 0. The molecule has 0 aliphatic heterocycles. The third kappa shape index (κ3) is 3.34. The van der Waals surface area contributed by atoms with Gasteiger partial charge in [0.1, 0.15) is 0 Å². The summed E-state index contributed by atoms with van der Waals surface area (Å²) in [6.07, 6.45) is 9.22. The molecule has 0 bridgehead atoms. The van der Waals surface area contributed by atoms with Crippen LogP contribution in [0.25, 0.3) is 0 Å². The maximum Gasteiger partial charge on any atom is 0.335 e. The highest BCUT2D eigenvalue weighted by Gasteiger charge is 2.39. The summed E-state index contributed by atoms with van der Waals surface area (Å²) in [6.45, 7) is 2.31. The van der Waals surface area contributed by atoms with Gasteiger partial charge in [0, 0.05) is 0 Å². The van der Waals surface area contributed by atoms with Crippen LogP contribution in [-0.2, 0) is 9.53 Å². The summed E-state index contributed by atoms with van der Waals surface area (Å²) < 4.78 is 5.57. The van der Waals surface area contributed by atoms with Gasteiger partial charge in [-0.15, -0.1) is 0 Å². The Kier molecular flexibility index (Phi) is 4.82. The van der Waals surface area contributed by atoms with Crippen LogP contribution in [0.2, 0.25) is 0 Å². The minimum atomic E-state index is -0.921. The van der Waals surface area contributed by atoms with Crippen molar-refractivity contribution in [3.8, 4) is 0 Å². The highest BCUT2D eigenvalue weighted by Crippen LogP contribution is 2.30. The van der Waals surface area contributed by atoms with Gasteiger partial charge in [0.05, 0.1) is 6.61 Å². The molecule has 0 saturated heterocycles. The van der Waals surface area contributed by atoms with E-state index < -0.39 is 11.6 Å². The smallest absolute Gasteiger partial charge is 0.335 e. The van der Waals surface area contributed by atoms with Crippen molar-refractivity contribution in [2.75, 3.05) is 6.61 Å². The third-order valence-corrected chi connectivity index (χ3v) is 2.99. The van der Waals surface area contributed by atoms with Crippen LogP contribution in [0.4, 0.5) is 0 Å². The van der Waals surface area contributed by atoms with E-state index in [1.165, 1.54) is 0 Å². The summed E-state index contributed by atoms with van der Waals surface area (Å²) in [6, 6.07) is 0. The van der Waals surface area contributed by atoms with Crippen molar-refractivity contribution in [2.45, 2.75) is 51.0 Å². The lowest BCUT2D eigenvalue weighted by Gasteiger charge is -2.27. The predicted molar refractivity (Wildman–Crippen MR) is 58.8 cm³/mol. The lowest BCUT2D eigenvalue weighted by molar-refractivity contribution is -0.166. The van der Waals surface area contributed by atoms with Gasteiger partial charge in [0.25, 0.3) is 0 Å². The lowest BCUT2D eigenvalue weighted by Crippen LogP contribution is -2.41. The Balaban J connectivity index is 2.62. The molecule has 1 rings (SSSR count). The van der Waals surface area contributed by atoms with Gasteiger partial charge < -0.3 is 9.84 Å². The van der Waals surface area contributed by atoms with E-state index in [1.807, 2.05) is 19.1 Å². The van der Waals surface area contributed by atoms with Gasteiger partial charge in [0.15, 0.2) is 5.60 Å². The molecule has 15 heavy (non-hydrogen) atoms. The van der Waals surface area contributed by atoms with E-state index in [0.717, 1.165) is 25.7 Å². The third-order valence-electron chi connectivity index (χ3n) is 2.99. The van der Waals surface area contributed by atoms with Gasteiger partial charge in [-0.05, 0) is 32.6 Å². The Hall–Kier alpha value is -0.830. The lowest BCUT2D eigenvalue weighted by atomic mass is 9.94. The maximum absolute atomic E-state index is 11.3. The van der Waals surface area contributed by atoms with Crippen molar-refractivity contribution < 1.29 is 14.6 Å². The summed E-state index contributed by atoms with van der Waals surface area (Å²) in [5.74, 6) is -0.797. The zero-order chi connectivity index (χ0) is 11.1. The van der Waals surface area contributed by atoms with Crippen molar-refractivity contribution in [3.63, 3.8) is 0 Å². The summed E-state index contributed by atoms with van der Waals surface area (Å²) in [4.78, 5) is 11.3. The van der Waals surface area contributed by atoms with E-state index in [9.17, 15) is 9.90 Å². The zero-order valence-corrected chi connectivity index (χ0v) is 9.37. The molecule has 0 unspecified atom stereocenters. The van der Waals surface area contributed by atoms with Crippen LogP contribution < -0.4 is 0 Å². The number of ether oxygens (including phenoxy) is 1. The number of carboxylic acid groups (broad SMARTS) is 1. The first-order valence-electron chi connectivity index (χ1n) is 5.70. The van der Waals surface area contributed by atoms with E-state index in [2.05, 4.69) is 0 Å². The highest BCUT2D eigenvalue weighted by molar-refractivity contribution is 5.77. The Morgan fingerprint density at radius 3 is 2.40 bits per heavy atom. The molecule has 1 aliphatic carbocycles. The fourth-order valence-electron chi connectivity index (χ4n) is 2.02. The Labute approximate surface area is 91.1 Å². The second kappa shape index (κ2) is 5.91. The highest BCUT2D eigenvalue weighted by atomic mass is 16.5. The van der Waals surface area contributed by atoms with Crippen molar-refractivity contribution >= 4 is 5.97 Å². The molecule has 0 aromatic rings. The molecule has 86 valence electrons. The number of carboxylic acids is 1. The quantitative estimate of drug-likeness (QED) is 0.575. The second-order valence-corrected chi connectivity index (χ2v) is 4.09. The van der Waals surface area contributed by atoms with Gasteiger partial charge in [-0.25, -0.2) is 4.79 Å². The van der Waals surface area contributed by atoms with E-state index in [-0.39, 0.29) is 0 Å². The molecule has 0 radical (unpaired) electrons. The van der Waals surface area contributed by atoms with E-state index in [4.69, 9.17) is 4.74 Å². The first kappa shape index (κ1) is 12.2. The summed E-state index contributed by atoms with van der Waals surface area (Å²) in [5, 5.41) is 9.26. The van der Waals surface area contributed by atoms with Crippen LogP contribution in [0.15, 0.2) is 12.2 Å². The van der Waals surface area contributed by atoms with Crippen LogP contribution in [0, 0.1) is 0 Å². The first-order chi connectivity index (χ1) is 7.21. The predicted octanol–water partition coefficient (Wildman–Crippen LogP) is 2.76. The molecule has 1 saturated carbocycles. The van der Waals surface area contributed by atoms with Crippen LogP contribution in [0.3, 0.4) is 0 Å². The topological polar surface area (TPSA) is 46.5 Å². The molecule has 3 nitrogen and oxygen atoms in total. The molecule has 3 heteroatoms. The fourth-order valence-corrected chi connectivity index (χ4v) is 2.02. The Morgan fingerprint density at radius 1 is 1.33 bits per heavy atom. The minimum Gasteiger partial charge on any atom is -0.479 e. The fraction of sp³-hybridized carbons (Fsp3) is 0.750. The van der Waals surface area contributed by atoms with Crippen LogP contribution >= 0.6 is 0 Å². The SMILES string of the molecule is CC=CCOC1(C(=O)O)CCCCCC1. The zero-order valence-electron chi connectivity index (χ0n) is 9.37. The van der Waals surface area contributed by atoms with E-state index in [1.54, 1.807) is 0 Å². The van der Waals surface area contributed by atoms with Gasteiger partial charge in [-0.2, -0.15) is 0 Å². The molecule has 0 heterocycles. The van der Waals surface area contributed by atoms with Crippen molar-refractivity contribution in [1.29, 1.82) is 0 Å². The normalized spacial score (nSPS) is 21.4. The molecule has 0 aromatic carbocycles. The number of hydrogen-bond acceptors (Lipinski definition) is 2. The number of aliphatic carboxylic acids is 1. The van der Waals surface area contributed by atoms with Crippen LogP contribution in [-0.4, -0.2) is 23.3 Å². The molecule has 0 amide bonds. The Morgan fingerprint density at radius 2 is 1.93 bits per heavy atom. The largest absolute Gasteiger partial charge is 0.479 e. The van der Waals surface area contributed by atoms with Crippen LogP contribution in [0.5, 0.6) is 0 Å². The molecular weight excluding hydrogens is 192 g/mol. The van der Waals surface area contributed by atoms with Crippen LogP contribution in [0.1, 0.15) is 45.4 Å². The minimum absolute atomic E-state index is 0.406. The molecule has 0 aromatic heterocycles. The van der Waals surface area contributed by atoms with Gasteiger partial charge in [-0.3, -0.25) is 0 Å². The maximum atomic E-state index is 11.3. The molecule has 1 aliphatic rings. The van der Waals surface area contributed by atoms with Crippen molar-refractivity contribution in [2.24, 2.45) is 0 Å². The number of rotatable bonds is 4. The van der Waals surface area contributed by atoms with E-state index >= 15 is 0 Å². The average molecular weight is 212 g/mol. The number of carbonyl (C=O) groups is 1.